The quantitative estimate of drug-likeness (QED) is 0.0446. The SMILES string of the molecule is CCN1CCN(C(=O)N[C@@H](C(=O)N[C@@H]2C(=O)N3C[C@@](C(=O)OCc4ccc([N+](=O)[O-])cc4)(N4CCN(N=CC=CSc5cnns5)C4=O)S[C@H]23)c2ccccc2)C(=O)C1=O. The number of β-lactam (4-membered cyclic amide) rings is 1. The summed E-state index contributed by atoms with van der Waals surface area (Å²) in [6.07, 6.45) is 4.63. The van der Waals surface area contributed by atoms with Crippen LogP contribution in [0.5, 0.6) is 0 Å². The van der Waals surface area contributed by atoms with E-state index < -0.39 is 68.9 Å². The molecule has 24 heteroatoms. The number of carbonyl (C=O) groups excluding carboxylic acids is 7. The van der Waals surface area contributed by atoms with Crippen LogP contribution in [0.2, 0.25) is 0 Å². The van der Waals surface area contributed by atoms with Crippen molar-refractivity contribution in [1.82, 2.24) is 44.8 Å². The Labute approximate surface area is 353 Å². The second kappa shape index (κ2) is 17.8. The number of amides is 8. The average molecular weight is 878 g/mol. The van der Waals surface area contributed by atoms with E-state index in [2.05, 4.69) is 25.3 Å². The van der Waals surface area contributed by atoms with Crippen LogP contribution in [0.15, 0.2) is 81.6 Å². The fraction of sp³-hybridized carbons (Fsp3) is 0.333. The molecule has 4 fully saturated rings. The van der Waals surface area contributed by atoms with Gasteiger partial charge in [0, 0.05) is 44.5 Å². The molecule has 0 radical (unpaired) electrons. The molecule has 4 saturated heterocycles. The number of benzene rings is 2. The van der Waals surface area contributed by atoms with E-state index in [0.29, 0.717) is 11.1 Å². The van der Waals surface area contributed by atoms with Crippen molar-refractivity contribution < 1.29 is 43.2 Å². The fourth-order valence-corrected chi connectivity index (χ4v) is 9.55. The summed E-state index contributed by atoms with van der Waals surface area (Å²) in [6.45, 7) is 1.51. The number of imide groups is 1. The van der Waals surface area contributed by atoms with Crippen molar-refractivity contribution in [3.63, 3.8) is 0 Å². The molecule has 0 bridgehead atoms. The second-order valence-corrected chi connectivity index (χ2v) is 16.8. The normalized spacial score (nSPS) is 22.1. The molecule has 312 valence electrons. The third-order valence-electron chi connectivity index (χ3n) is 9.89. The first-order valence-electron chi connectivity index (χ1n) is 18.3. The molecule has 7 rings (SSSR count). The number of nitrogens with zero attached hydrogens (tertiary/aromatic N) is 9. The first kappa shape index (κ1) is 41.7. The van der Waals surface area contributed by atoms with Crippen LogP contribution in [0.25, 0.3) is 0 Å². The van der Waals surface area contributed by atoms with Gasteiger partial charge in [0.1, 0.15) is 28.3 Å². The highest BCUT2D eigenvalue weighted by molar-refractivity contribution is 8.03. The third kappa shape index (κ3) is 8.37. The molecule has 4 aliphatic rings. The van der Waals surface area contributed by atoms with Gasteiger partial charge in [-0.2, -0.15) is 5.10 Å². The van der Waals surface area contributed by atoms with Gasteiger partial charge in [0.15, 0.2) is 0 Å². The molecule has 0 aliphatic carbocycles. The lowest BCUT2D eigenvalue weighted by molar-refractivity contribution is -0.384. The molecule has 8 amide bonds. The number of fused-ring (bicyclic) bond motifs is 1. The van der Waals surface area contributed by atoms with E-state index in [1.54, 1.807) is 54.9 Å². The maximum atomic E-state index is 14.2. The molecule has 2 N–H and O–H groups in total. The van der Waals surface area contributed by atoms with Gasteiger partial charge in [-0.15, -0.1) is 5.10 Å². The maximum Gasteiger partial charge on any atom is 0.345 e. The number of urea groups is 2. The Morgan fingerprint density at radius 1 is 1.07 bits per heavy atom. The van der Waals surface area contributed by atoms with Gasteiger partial charge in [0.05, 0.1) is 24.2 Å². The molecule has 5 heterocycles. The van der Waals surface area contributed by atoms with Gasteiger partial charge in [-0.3, -0.25) is 39.1 Å². The Morgan fingerprint density at radius 2 is 1.83 bits per heavy atom. The van der Waals surface area contributed by atoms with Crippen LogP contribution in [0.1, 0.15) is 24.1 Å². The Bertz CT molecular complexity index is 2250. The lowest BCUT2D eigenvalue weighted by atomic mass is 10.0. The molecule has 21 nitrogen and oxygen atoms in total. The number of hydrazone groups is 1. The Balaban J connectivity index is 1.08. The van der Waals surface area contributed by atoms with Crippen LogP contribution >= 0.6 is 35.1 Å². The number of hydrogen-bond acceptors (Lipinski definition) is 16. The van der Waals surface area contributed by atoms with Gasteiger partial charge < -0.3 is 25.2 Å². The molecular formula is C36H35N11O10S3. The van der Waals surface area contributed by atoms with E-state index in [9.17, 15) is 43.7 Å². The number of aromatic nitrogens is 2. The van der Waals surface area contributed by atoms with Crippen LogP contribution in [0.3, 0.4) is 0 Å². The summed E-state index contributed by atoms with van der Waals surface area (Å²) in [6, 6.07) is 9.22. The first-order valence-corrected chi connectivity index (χ1v) is 20.8. The zero-order chi connectivity index (χ0) is 42.6. The number of hydrogen-bond donors (Lipinski definition) is 2. The van der Waals surface area contributed by atoms with E-state index in [1.165, 1.54) is 73.5 Å². The van der Waals surface area contributed by atoms with Gasteiger partial charge in [0.2, 0.25) is 16.7 Å². The molecule has 1 aromatic heterocycles. The number of allylic oxidation sites excluding steroid dienone is 1. The molecule has 4 aliphatic heterocycles. The Kier molecular flexibility index (Phi) is 12.4. The minimum atomic E-state index is -1.80. The summed E-state index contributed by atoms with van der Waals surface area (Å²) in [5, 5.41) is 26.4. The number of nitro groups is 1. The van der Waals surface area contributed by atoms with Crippen molar-refractivity contribution in [3.8, 4) is 0 Å². The van der Waals surface area contributed by atoms with Gasteiger partial charge in [-0.25, -0.2) is 19.4 Å². The molecule has 0 saturated carbocycles. The Hall–Kier alpha value is -6.40. The van der Waals surface area contributed by atoms with Crippen LogP contribution in [-0.4, -0.2) is 143 Å². The lowest BCUT2D eigenvalue weighted by Gasteiger charge is -2.41. The number of esters is 1. The molecule has 60 heavy (non-hydrogen) atoms. The smallest absolute Gasteiger partial charge is 0.345 e. The van der Waals surface area contributed by atoms with E-state index in [0.717, 1.165) is 20.9 Å². The highest BCUT2D eigenvalue weighted by Crippen LogP contribution is 2.50. The Morgan fingerprint density at radius 3 is 2.53 bits per heavy atom. The monoisotopic (exact) mass is 877 g/mol. The van der Waals surface area contributed by atoms with E-state index in [4.69, 9.17) is 4.74 Å². The molecule has 3 aromatic rings. The number of nitro benzene ring substituents is 1. The van der Waals surface area contributed by atoms with Crippen molar-refractivity contribution in [1.29, 1.82) is 0 Å². The van der Waals surface area contributed by atoms with Crippen LogP contribution < -0.4 is 10.6 Å². The molecule has 0 spiro atoms. The predicted octanol–water partition coefficient (Wildman–Crippen LogP) is 1.76. The topological polar surface area (TPSA) is 250 Å². The largest absolute Gasteiger partial charge is 0.458 e. The summed E-state index contributed by atoms with van der Waals surface area (Å²) >= 11 is 3.50. The molecule has 0 unspecified atom stereocenters. The van der Waals surface area contributed by atoms with Crippen molar-refractivity contribution in [2.24, 2.45) is 5.10 Å². The lowest BCUT2D eigenvalue weighted by Crippen LogP contribution is -2.68. The number of piperazine rings is 1. The number of likely N-dealkylation sites (N-methyl/N-ethyl adjacent to an activating group) is 1. The van der Waals surface area contributed by atoms with Crippen molar-refractivity contribution in [3.05, 3.63) is 93.5 Å². The highest BCUT2D eigenvalue weighted by atomic mass is 32.2. The predicted molar refractivity (Wildman–Crippen MR) is 215 cm³/mol. The third-order valence-corrected chi connectivity index (χ3v) is 13.2. The van der Waals surface area contributed by atoms with Gasteiger partial charge >= 0.3 is 29.8 Å². The average Bonchev–Trinajstić information content (AvgIpc) is 4.01. The zero-order valence-electron chi connectivity index (χ0n) is 31.5. The van der Waals surface area contributed by atoms with Gasteiger partial charge in [-0.05, 0) is 53.2 Å². The summed E-state index contributed by atoms with van der Waals surface area (Å²) < 4.78 is 10.4. The number of ether oxygens (including phenoxy) is 1. The van der Waals surface area contributed by atoms with Crippen LogP contribution in [-0.2, 0) is 35.3 Å². The minimum absolute atomic E-state index is 0.0163. The standard InChI is InChI=1S/C36H35N11O10S3/c1-2-42-14-15-43(31(51)30(42)50)34(53)40-26(23-7-4-3-5-8-23)28(48)39-27-29(49)44-21-36(59-32(27)44,33(52)57-20-22-9-11-24(12-10-22)47(55)56)45-16-17-46(35(45)54)38-13-6-18-58-25-19-37-41-60-25/h3-13,18-19,26-27,32H,2,14-17,20-21H2,1H3,(H,39,48)(H,40,53)/t26-,27-,32-,36-/m1/s1. The number of rotatable bonds is 14. The summed E-state index contributed by atoms with van der Waals surface area (Å²) in [7, 11) is 0. The number of nitrogens with one attached hydrogen (secondary N) is 2. The van der Waals surface area contributed by atoms with Crippen molar-refractivity contribution in [2.45, 2.75) is 40.1 Å². The highest BCUT2D eigenvalue weighted by Gasteiger charge is 2.67. The molecular weight excluding hydrogens is 843 g/mol. The van der Waals surface area contributed by atoms with E-state index >= 15 is 0 Å². The van der Waals surface area contributed by atoms with Gasteiger partial charge in [0.25, 0.3) is 5.69 Å². The summed E-state index contributed by atoms with van der Waals surface area (Å²) in [5.41, 5.74) is 0.591. The number of non-ortho nitro benzene ring substituents is 1. The zero-order valence-corrected chi connectivity index (χ0v) is 34.0. The maximum absolute atomic E-state index is 14.2. The van der Waals surface area contributed by atoms with Crippen LogP contribution in [0, 0.1) is 10.1 Å². The second-order valence-electron chi connectivity index (χ2n) is 13.4. The first-order chi connectivity index (χ1) is 28.9. The molecule has 4 atom stereocenters. The number of carbonyl (C=O) groups is 7. The van der Waals surface area contributed by atoms with Crippen molar-refractivity contribution >= 4 is 88.6 Å². The number of thioether (sulfide) groups is 2. The fourth-order valence-electron chi connectivity index (χ4n) is 6.76. The van der Waals surface area contributed by atoms with E-state index in [1.807, 2.05) is 0 Å². The summed E-state index contributed by atoms with van der Waals surface area (Å²) in [5.74, 6) is -4.15. The van der Waals surface area contributed by atoms with Crippen LogP contribution in [0.4, 0.5) is 15.3 Å². The van der Waals surface area contributed by atoms with Gasteiger partial charge in [-0.1, -0.05) is 58.3 Å². The van der Waals surface area contributed by atoms with Crippen molar-refractivity contribution in [2.75, 3.05) is 39.3 Å². The summed E-state index contributed by atoms with van der Waals surface area (Å²) in [4.78, 5) is 108. The minimum Gasteiger partial charge on any atom is -0.458 e. The van der Waals surface area contributed by atoms with E-state index in [-0.39, 0.29) is 51.6 Å². The molecule has 2 aromatic carbocycles.